The van der Waals surface area contributed by atoms with Gasteiger partial charge in [-0.3, -0.25) is 9.59 Å². The summed E-state index contributed by atoms with van der Waals surface area (Å²) in [7, 11) is 0. The molecule has 0 bridgehead atoms. The van der Waals surface area contributed by atoms with Crippen LogP contribution in [0.2, 0.25) is 0 Å². The van der Waals surface area contributed by atoms with E-state index < -0.39 is 17.9 Å². The van der Waals surface area contributed by atoms with Crippen molar-refractivity contribution < 1.29 is 14.7 Å². The number of nitrogen functional groups attached to an aromatic ring is 1. The maximum Gasteiger partial charge on any atom is 0.305 e. The third kappa shape index (κ3) is 4.32. The molecule has 0 saturated heterocycles. The minimum absolute atomic E-state index is 0.114. The second-order valence-electron chi connectivity index (χ2n) is 6.08. The van der Waals surface area contributed by atoms with Crippen molar-refractivity contribution in [3.63, 3.8) is 0 Å². The number of anilines is 1. The van der Waals surface area contributed by atoms with Crippen LogP contribution in [0.1, 0.15) is 34.1 Å². The molecule has 6 nitrogen and oxygen atoms in total. The fourth-order valence-corrected chi connectivity index (χ4v) is 3.65. The lowest BCUT2D eigenvalue weighted by atomic mass is 9.98. The number of hydrogen-bond acceptors (Lipinski definition) is 5. The van der Waals surface area contributed by atoms with E-state index in [1.54, 1.807) is 0 Å². The van der Waals surface area contributed by atoms with Crippen molar-refractivity contribution in [1.29, 1.82) is 0 Å². The highest BCUT2D eigenvalue weighted by Crippen LogP contribution is 2.30. The fraction of sp³-hybridized carbons (Fsp3) is 0.150. The van der Waals surface area contributed by atoms with Gasteiger partial charge in [0.25, 0.3) is 5.91 Å². The smallest absolute Gasteiger partial charge is 0.305 e. The third-order valence-corrected chi connectivity index (χ3v) is 5.07. The Morgan fingerprint density at radius 3 is 2.48 bits per heavy atom. The van der Waals surface area contributed by atoms with Gasteiger partial charge >= 0.3 is 5.97 Å². The van der Waals surface area contributed by atoms with Crippen molar-refractivity contribution in [2.75, 3.05) is 5.73 Å². The van der Waals surface area contributed by atoms with Gasteiger partial charge in [0.05, 0.1) is 12.5 Å². The molecule has 0 spiro atoms. The van der Waals surface area contributed by atoms with Crippen LogP contribution < -0.4 is 11.1 Å². The number of aliphatic carboxylic acids is 1. The Hall–Kier alpha value is -3.19. The molecule has 4 N–H and O–H groups in total. The third-order valence-electron chi connectivity index (χ3n) is 4.14. The second-order valence-corrected chi connectivity index (χ2v) is 7.11. The summed E-state index contributed by atoms with van der Waals surface area (Å²) in [5.74, 6) is -1.49. The second kappa shape index (κ2) is 8.01. The van der Waals surface area contributed by atoms with E-state index in [0.717, 1.165) is 16.7 Å². The highest BCUT2D eigenvalue weighted by molar-refractivity contribution is 7.19. The molecule has 3 rings (SSSR count). The first-order chi connectivity index (χ1) is 13.0. The van der Waals surface area contributed by atoms with Gasteiger partial charge in [0.15, 0.2) is 5.69 Å². The van der Waals surface area contributed by atoms with Crippen LogP contribution in [0.4, 0.5) is 5.00 Å². The van der Waals surface area contributed by atoms with Crippen molar-refractivity contribution in [2.24, 2.45) is 0 Å². The maximum absolute atomic E-state index is 12.7. The Morgan fingerprint density at radius 2 is 1.81 bits per heavy atom. The SMILES string of the molecule is Cc1ccccc1C(CC(=O)O)NC(=O)c1nc(-c2ccccc2)sc1N. The molecule has 3 aromatic rings. The average molecular weight is 381 g/mol. The van der Waals surface area contributed by atoms with E-state index in [1.165, 1.54) is 11.3 Å². The van der Waals surface area contributed by atoms with Crippen LogP contribution in [0.5, 0.6) is 0 Å². The van der Waals surface area contributed by atoms with Crippen molar-refractivity contribution in [3.8, 4) is 10.6 Å². The van der Waals surface area contributed by atoms with Gasteiger partial charge in [0.1, 0.15) is 10.0 Å². The number of carboxylic acids is 1. The lowest BCUT2D eigenvalue weighted by Gasteiger charge is -2.19. The van der Waals surface area contributed by atoms with E-state index in [2.05, 4.69) is 10.3 Å². The van der Waals surface area contributed by atoms with Crippen LogP contribution in [0.3, 0.4) is 0 Å². The highest BCUT2D eigenvalue weighted by atomic mass is 32.1. The van der Waals surface area contributed by atoms with E-state index in [4.69, 9.17) is 5.73 Å². The minimum atomic E-state index is -1.00. The number of thiazole rings is 1. The van der Waals surface area contributed by atoms with Gasteiger partial charge in [-0.2, -0.15) is 0 Å². The Bertz CT molecular complexity index is 970. The molecule has 1 aromatic heterocycles. The molecule has 2 aromatic carbocycles. The Labute approximate surface area is 160 Å². The van der Waals surface area contributed by atoms with Gasteiger partial charge in [-0.1, -0.05) is 65.9 Å². The fourth-order valence-electron chi connectivity index (χ4n) is 2.82. The standard InChI is InChI=1S/C20H19N3O3S/c1-12-7-5-6-10-14(12)15(11-16(24)25)22-19(26)17-18(21)27-20(23-17)13-8-3-2-4-9-13/h2-10,15H,11,21H2,1H3,(H,22,26)(H,24,25). The minimum Gasteiger partial charge on any atom is -0.481 e. The molecule has 1 atom stereocenters. The van der Waals surface area contributed by atoms with Crippen LogP contribution in [0, 0.1) is 6.92 Å². The summed E-state index contributed by atoms with van der Waals surface area (Å²) in [6.45, 7) is 1.88. The molecule has 0 aliphatic carbocycles. The number of rotatable bonds is 6. The molecule has 1 heterocycles. The van der Waals surface area contributed by atoms with Gasteiger partial charge in [-0.15, -0.1) is 0 Å². The van der Waals surface area contributed by atoms with Gasteiger partial charge < -0.3 is 16.2 Å². The molecule has 0 aliphatic rings. The summed E-state index contributed by atoms with van der Waals surface area (Å²) in [6, 6.07) is 16.1. The summed E-state index contributed by atoms with van der Waals surface area (Å²) < 4.78 is 0. The number of carbonyl (C=O) groups excluding carboxylic acids is 1. The van der Waals surface area contributed by atoms with Crippen molar-refractivity contribution in [2.45, 2.75) is 19.4 Å². The lowest BCUT2D eigenvalue weighted by molar-refractivity contribution is -0.137. The van der Waals surface area contributed by atoms with Crippen LogP contribution in [0.15, 0.2) is 54.6 Å². The Kier molecular flexibility index (Phi) is 5.52. The zero-order chi connectivity index (χ0) is 19.4. The van der Waals surface area contributed by atoms with Gasteiger partial charge in [0, 0.05) is 5.56 Å². The maximum atomic E-state index is 12.7. The number of carbonyl (C=O) groups is 2. The van der Waals surface area contributed by atoms with Gasteiger partial charge in [0.2, 0.25) is 0 Å². The molecule has 0 fully saturated rings. The van der Waals surface area contributed by atoms with Gasteiger partial charge in [-0.25, -0.2) is 4.98 Å². The predicted molar refractivity (Wildman–Crippen MR) is 106 cm³/mol. The highest BCUT2D eigenvalue weighted by Gasteiger charge is 2.23. The normalized spacial score (nSPS) is 11.7. The molecule has 27 heavy (non-hydrogen) atoms. The molecular weight excluding hydrogens is 362 g/mol. The average Bonchev–Trinajstić information content (AvgIpc) is 3.04. The Balaban J connectivity index is 1.87. The molecule has 1 amide bonds. The van der Waals surface area contributed by atoms with E-state index in [-0.39, 0.29) is 12.1 Å². The summed E-state index contributed by atoms with van der Waals surface area (Å²) in [4.78, 5) is 28.4. The van der Waals surface area contributed by atoms with E-state index in [9.17, 15) is 14.7 Å². The van der Waals surface area contributed by atoms with Crippen LogP contribution in [0.25, 0.3) is 10.6 Å². The van der Waals surface area contributed by atoms with E-state index >= 15 is 0 Å². The van der Waals surface area contributed by atoms with Crippen molar-refractivity contribution in [3.05, 3.63) is 71.4 Å². The molecule has 0 saturated carbocycles. The first-order valence-corrected chi connectivity index (χ1v) is 9.17. The van der Waals surface area contributed by atoms with Crippen molar-refractivity contribution in [1.82, 2.24) is 10.3 Å². The topological polar surface area (TPSA) is 105 Å². The first-order valence-electron chi connectivity index (χ1n) is 8.35. The number of aromatic nitrogens is 1. The summed E-state index contributed by atoms with van der Waals surface area (Å²) in [6.07, 6.45) is -0.230. The quantitative estimate of drug-likeness (QED) is 0.604. The van der Waals surface area contributed by atoms with E-state index in [1.807, 2.05) is 61.5 Å². The molecule has 0 radical (unpaired) electrons. The number of aryl methyl sites for hydroxylation is 1. The lowest BCUT2D eigenvalue weighted by Crippen LogP contribution is -2.31. The number of amides is 1. The molecular formula is C20H19N3O3S. The molecule has 7 heteroatoms. The predicted octanol–water partition coefficient (Wildman–Crippen LogP) is 3.65. The summed E-state index contributed by atoms with van der Waals surface area (Å²) in [5, 5.41) is 12.9. The number of nitrogens with two attached hydrogens (primary N) is 1. The summed E-state index contributed by atoms with van der Waals surface area (Å²) in [5.41, 5.74) is 8.65. The zero-order valence-corrected chi connectivity index (χ0v) is 15.5. The largest absolute Gasteiger partial charge is 0.481 e. The number of hydrogen-bond donors (Lipinski definition) is 3. The Morgan fingerprint density at radius 1 is 1.15 bits per heavy atom. The monoisotopic (exact) mass is 381 g/mol. The molecule has 0 aliphatic heterocycles. The number of nitrogens with zero attached hydrogens (tertiary/aromatic N) is 1. The van der Waals surface area contributed by atoms with Crippen molar-refractivity contribution >= 4 is 28.2 Å². The number of carboxylic acid groups (broad SMARTS) is 1. The molecule has 1 unspecified atom stereocenters. The van der Waals surface area contributed by atoms with Gasteiger partial charge in [-0.05, 0) is 18.1 Å². The first kappa shape index (κ1) is 18.6. The zero-order valence-electron chi connectivity index (χ0n) is 14.7. The number of nitrogens with one attached hydrogen (secondary N) is 1. The number of benzene rings is 2. The van der Waals surface area contributed by atoms with E-state index in [0.29, 0.717) is 10.0 Å². The van der Waals surface area contributed by atoms with Crippen LogP contribution >= 0.6 is 11.3 Å². The molecule has 138 valence electrons. The van der Waals surface area contributed by atoms with Crippen LogP contribution in [-0.2, 0) is 4.79 Å². The summed E-state index contributed by atoms with van der Waals surface area (Å²) >= 11 is 1.23. The van der Waals surface area contributed by atoms with Crippen LogP contribution in [-0.4, -0.2) is 22.0 Å².